The van der Waals surface area contributed by atoms with Gasteiger partial charge in [-0.25, -0.2) is 4.98 Å². The van der Waals surface area contributed by atoms with Crippen LogP contribution in [0.4, 0.5) is 0 Å². The van der Waals surface area contributed by atoms with Gasteiger partial charge < -0.3 is 14.8 Å². The van der Waals surface area contributed by atoms with Crippen LogP contribution in [0.3, 0.4) is 0 Å². The number of halogens is 1. The molecule has 2 fully saturated rings. The van der Waals surface area contributed by atoms with E-state index in [0.717, 1.165) is 36.1 Å². The Hall–Kier alpha value is -2.93. The maximum Gasteiger partial charge on any atom is 0.256 e. The number of fused-ring (bicyclic) bond motifs is 1. The molecule has 1 unspecified atom stereocenters. The quantitative estimate of drug-likeness (QED) is 0.678. The van der Waals surface area contributed by atoms with E-state index in [-0.39, 0.29) is 11.8 Å². The van der Waals surface area contributed by atoms with E-state index in [1.807, 2.05) is 11.0 Å². The summed E-state index contributed by atoms with van der Waals surface area (Å²) in [7, 11) is 0. The van der Waals surface area contributed by atoms with E-state index in [9.17, 15) is 9.59 Å². The molecule has 0 radical (unpaired) electrons. The molecule has 2 aliphatic rings. The molecule has 1 aromatic carbocycles. The van der Waals surface area contributed by atoms with Gasteiger partial charge in [0.2, 0.25) is 5.91 Å². The van der Waals surface area contributed by atoms with Crippen molar-refractivity contribution in [3.8, 4) is 0 Å². The first-order chi connectivity index (χ1) is 15.1. The monoisotopic (exact) mass is 437 g/mol. The number of aromatic amines is 1. The van der Waals surface area contributed by atoms with Crippen LogP contribution < -0.4 is 0 Å². The average Bonchev–Trinajstić information content (AvgIpc) is 3.46. The summed E-state index contributed by atoms with van der Waals surface area (Å²) in [5.41, 5.74) is 2.32. The summed E-state index contributed by atoms with van der Waals surface area (Å²) in [4.78, 5) is 42.1. The number of aromatic nitrogens is 3. The van der Waals surface area contributed by atoms with Crippen molar-refractivity contribution in [2.75, 3.05) is 19.6 Å². The van der Waals surface area contributed by atoms with Crippen LogP contribution in [0.5, 0.6) is 0 Å². The van der Waals surface area contributed by atoms with Gasteiger partial charge in [-0.15, -0.1) is 0 Å². The first kappa shape index (κ1) is 20.0. The number of hydrogen-bond donors (Lipinski definition) is 1. The Morgan fingerprint density at radius 1 is 1.06 bits per heavy atom. The fourth-order valence-corrected chi connectivity index (χ4v) is 4.93. The first-order valence-corrected chi connectivity index (χ1v) is 11.1. The van der Waals surface area contributed by atoms with Crippen LogP contribution in [0.15, 0.2) is 42.7 Å². The molecule has 4 heterocycles. The lowest BCUT2D eigenvalue weighted by Gasteiger charge is -2.35. The summed E-state index contributed by atoms with van der Waals surface area (Å²) in [5, 5.41) is 0.424. The van der Waals surface area contributed by atoms with Crippen LogP contribution in [0, 0.1) is 0 Å². The summed E-state index contributed by atoms with van der Waals surface area (Å²) in [6, 6.07) is 8.52. The number of carbonyl (C=O) groups excluding carboxylic acids is 2. The Balaban J connectivity index is 1.25. The highest BCUT2D eigenvalue weighted by atomic mass is 35.5. The van der Waals surface area contributed by atoms with Gasteiger partial charge in [-0.05, 0) is 43.9 Å². The number of benzene rings is 1. The Morgan fingerprint density at radius 2 is 1.87 bits per heavy atom. The predicted octanol–water partition coefficient (Wildman–Crippen LogP) is 3.62. The first-order valence-electron chi connectivity index (χ1n) is 10.8. The van der Waals surface area contributed by atoms with E-state index in [1.165, 1.54) is 0 Å². The number of H-pyrrole nitrogens is 1. The molecular weight excluding hydrogens is 414 g/mol. The SMILES string of the molecule is O=C(C1CCCN1C(=O)c1ccccc1Cl)N1CCC(c2nc3ccncc3[nH]2)CC1. The van der Waals surface area contributed by atoms with E-state index in [2.05, 4.69) is 9.97 Å². The van der Waals surface area contributed by atoms with Crippen molar-refractivity contribution in [3.05, 3.63) is 59.1 Å². The Labute approximate surface area is 185 Å². The molecule has 5 rings (SSSR count). The van der Waals surface area contributed by atoms with Crippen molar-refractivity contribution in [1.82, 2.24) is 24.8 Å². The second-order valence-corrected chi connectivity index (χ2v) is 8.66. The second kappa shape index (κ2) is 8.30. The summed E-state index contributed by atoms with van der Waals surface area (Å²) < 4.78 is 0. The van der Waals surface area contributed by atoms with Crippen molar-refractivity contribution in [2.45, 2.75) is 37.6 Å². The van der Waals surface area contributed by atoms with E-state index in [0.29, 0.717) is 42.6 Å². The number of nitrogens with zero attached hydrogens (tertiary/aromatic N) is 4. The summed E-state index contributed by atoms with van der Waals surface area (Å²) >= 11 is 6.22. The molecule has 2 saturated heterocycles. The third-order valence-electron chi connectivity index (χ3n) is 6.40. The number of pyridine rings is 1. The highest BCUT2D eigenvalue weighted by molar-refractivity contribution is 6.33. The number of rotatable bonds is 3. The highest BCUT2D eigenvalue weighted by Gasteiger charge is 2.38. The number of imidazole rings is 1. The predicted molar refractivity (Wildman–Crippen MR) is 118 cm³/mol. The van der Waals surface area contributed by atoms with Crippen LogP contribution in [-0.2, 0) is 4.79 Å². The largest absolute Gasteiger partial charge is 0.341 e. The fourth-order valence-electron chi connectivity index (χ4n) is 4.71. The van der Waals surface area contributed by atoms with Crippen LogP contribution in [0.1, 0.15) is 47.8 Å². The number of likely N-dealkylation sites (tertiary alicyclic amines) is 2. The number of hydrogen-bond acceptors (Lipinski definition) is 4. The molecule has 0 aliphatic carbocycles. The lowest BCUT2D eigenvalue weighted by molar-refractivity contribution is -0.136. The van der Waals surface area contributed by atoms with Crippen molar-refractivity contribution in [1.29, 1.82) is 0 Å². The van der Waals surface area contributed by atoms with Gasteiger partial charge in [-0.3, -0.25) is 14.6 Å². The maximum absolute atomic E-state index is 13.3. The Morgan fingerprint density at radius 3 is 2.65 bits per heavy atom. The van der Waals surface area contributed by atoms with Crippen LogP contribution >= 0.6 is 11.6 Å². The molecule has 8 heteroatoms. The maximum atomic E-state index is 13.3. The normalized spacial score (nSPS) is 19.8. The summed E-state index contributed by atoms with van der Waals surface area (Å²) in [6.45, 7) is 1.93. The molecule has 2 aliphatic heterocycles. The third kappa shape index (κ3) is 3.78. The summed E-state index contributed by atoms with van der Waals surface area (Å²) in [6.07, 6.45) is 6.76. The third-order valence-corrected chi connectivity index (χ3v) is 6.73. The van der Waals surface area contributed by atoms with E-state index in [1.54, 1.807) is 41.6 Å². The van der Waals surface area contributed by atoms with E-state index >= 15 is 0 Å². The minimum Gasteiger partial charge on any atom is -0.341 e. The minimum atomic E-state index is -0.405. The molecular formula is C23H24ClN5O2. The lowest BCUT2D eigenvalue weighted by Crippen LogP contribution is -2.49. The zero-order valence-electron chi connectivity index (χ0n) is 17.1. The average molecular weight is 438 g/mol. The molecule has 3 aromatic rings. The van der Waals surface area contributed by atoms with Gasteiger partial charge in [0.1, 0.15) is 11.9 Å². The molecule has 0 saturated carbocycles. The van der Waals surface area contributed by atoms with Gasteiger partial charge >= 0.3 is 0 Å². The zero-order chi connectivity index (χ0) is 21.4. The smallest absolute Gasteiger partial charge is 0.256 e. The minimum absolute atomic E-state index is 0.0464. The molecule has 160 valence electrons. The lowest BCUT2D eigenvalue weighted by atomic mass is 9.95. The summed E-state index contributed by atoms with van der Waals surface area (Å²) in [5.74, 6) is 1.14. The molecule has 1 N–H and O–H groups in total. The van der Waals surface area contributed by atoms with Crippen molar-refractivity contribution < 1.29 is 9.59 Å². The van der Waals surface area contributed by atoms with Crippen molar-refractivity contribution in [2.24, 2.45) is 0 Å². The molecule has 2 amide bonds. The van der Waals surface area contributed by atoms with E-state index in [4.69, 9.17) is 16.6 Å². The molecule has 0 spiro atoms. The van der Waals surface area contributed by atoms with Gasteiger partial charge in [0.05, 0.1) is 27.8 Å². The van der Waals surface area contributed by atoms with Gasteiger partial charge in [0.25, 0.3) is 5.91 Å². The van der Waals surface area contributed by atoms with Crippen molar-refractivity contribution in [3.63, 3.8) is 0 Å². The van der Waals surface area contributed by atoms with Crippen molar-refractivity contribution >= 4 is 34.4 Å². The van der Waals surface area contributed by atoms with Crippen LogP contribution in [0.25, 0.3) is 11.0 Å². The molecule has 0 bridgehead atoms. The van der Waals surface area contributed by atoms with Gasteiger partial charge in [0, 0.05) is 31.7 Å². The topological polar surface area (TPSA) is 82.2 Å². The second-order valence-electron chi connectivity index (χ2n) is 8.25. The number of carbonyl (C=O) groups is 2. The Bertz CT molecular complexity index is 1090. The van der Waals surface area contributed by atoms with Gasteiger partial charge in [0.15, 0.2) is 0 Å². The van der Waals surface area contributed by atoms with Crippen LogP contribution in [0.2, 0.25) is 5.02 Å². The zero-order valence-corrected chi connectivity index (χ0v) is 17.9. The number of piperidine rings is 1. The fraction of sp³-hybridized carbons (Fsp3) is 0.391. The molecule has 2 aromatic heterocycles. The number of nitrogens with one attached hydrogen (secondary N) is 1. The van der Waals surface area contributed by atoms with Gasteiger partial charge in [-0.2, -0.15) is 0 Å². The van der Waals surface area contributed by atoms with Gasteiger partial charge in [-0.1, -0.05) is 23.7 Å². The standard InChI is InChI=1S/C23H24ClN5O2/c24-17-5-2-1-4-16(17)22(30)29-11-3-6-20(29)23(31)28-12-8-15(9-13-28)21-26-18-7-10-25-14-19(18)27-21/h1-2,4-5,7,10,14-15,20H,3,6,8-9,11-13H2,(H,26,27). The highest BCUT2D eigenvalue weighted by Crippen LogP contribution is 2.30. The van der Waals surface area contributed by atoms with Crippen LogP contribution in [-0.4, -0.2) is 62.2 Å². The Kier molecular flexibility index (Phi) is 5.36. The van der Waals surface area contributed by atoms with E-state index < -0.39 is 6.04 Å². The molecule has 7 nitrogen and oxygen atoms in total. The molecule has 31 heavy (non-hydrogen) atoms. The number of amides is 2. The molecule has 1 atom stereocenters.